The summed E-state index contributed by atoms with van der Waals surface area (Å²) >= 11 is 0. The number of allylic oxidation sites excluding steroid dienone is 2. The van der Waals surface area contributed by atoms with Gasteiger partial charge in [-0.1, -0.05) is 30.3 Å². The molecule has 1 atom stereocenters. The monoisotopic (exact) mass is 342 g/mol. The maximum Gasteiger partial charge on any atom is 0.209 e. The number of hydrogen-bond donors (Lipinski definition) is 2. The summed E-state index contributed by atoms with van der Waals surface area (Å²) in [7, 11) is 0. The van der Waals surface area contributed by atoms with Crippen molar-refractivity contribution in [2.75, 3.05) is 5.32 Å². The van der Waals surface area contributed by atoms with Gasteiger partial charge in [0.15, 0.2) is 5.78 Å². The predicted octanol–water partition coefficient (Wildman–Crippen LogP) is 4.40. The van der Waals surface area contributed by atoms with Crippen LogP contribution in [0.1, 0.15) is 25.5 Å². The van der Waals surface area contributed by atoms with Crippen LogP contribution in [-0.4, -0.2) is 20.3 Å². The first-order valence-electron chi connectivity index (χ1n) is 8.67. The number of fused-ring (bicyclic) bond motifs is 4. The minimum Gasteiger partial charge on any atom is -0.361 e. The molecule has 0 aliphatic carbocycles. The number of ketones is 1. The fourth-order valence-corrected chi connectivity index (χ4v) is 4.03. The zero-order valence-corrected chi connectivity index (χ0v) is 14.6. The molecule has 5 rings (SSSR count). The Balaban J connectivity index is 1.87. The number of aromatic amines is 1. The summed E-state index contributed by atoms with van der Waals surface area (Å²) < 4.78 is 2.13. The number of carbonyl (C=O) groups is 1. The summed E-state index contributed by atoms with van der Waals surface area (Å²) in [4.78, 5) is 20.7. The van der Waals surface area contributed by atoms with Crippen LogP contribution < -0.4 is 5.32 Å². The number of nitrogens with zero attached hydrogens (tertiary/aromatic N) is 2. The Morgan fingerprint density at radius 1 is 1.12 bits per heavy atom. The first-order chi connectivity index (χ1) is 12.6. The van der Waals surface area contributed by atoms with Crippen molar-refractivity contribution in [2.24, 2.45) is 0 Å². The molecule has 0 spiro atoms. The van der Waals surface area contributed by atoms with E-state index < -0.39 is 0 Å². The van der Waals surface area contributed by atoms with Gasteiger partial charge in [-0.25, -0.2) is 4.98 Å². The van der Waals surface area contributed by atoms with Gasteiger partial charge >= 0.3 is 0 Å². The second-order valence-corrected chi connectivity index (χ2v) is 6.71. The molecule has 4 aromatic rings. The molecular formula is C21H18N4O. The summed E-state index contributed by atoms with van der Waals surface area (Å²) in [6.07, 6.45) is 2.01. The molecule has 5 heteroatoms. The average molecular weight is 342 g/mol. The molecule has 5 nitrogen and oxygen atoms in total. The largest absolute Gasteiger partial charge is 0.361 e. The van der Waals surface area contributed by atoms with Crippen molar-refractivity contribution in [3.05, 3.63) is 71.6 Å². The van der Waals surface area contributed by atoms with Crippen molar-refractivity contribution in [3.8, 4) is 0 Å². The number of para-hydroxylation sites is 3. The highest BCUT2D eigenvalue weighted by Gasteiger charge is 2.33. The lowest BCUT2D eigenvalue weighted by Crippen LogP contribution is -2.26. The van der Waals surface area contributed by atoms with Gasteiger partial charge in [0, 0.05) is 33.9 Å². The highest BCUT2D eigenvalue weighted by atomic mass is 16.1. The van der Waals surface area contributed by atoms with Crippen LogP contribution in [0.25, 0.3) is 21.9 Å². The van der Waals surface area contributed by atoms with Gasteiger partial charge < -0.3 is 10.3 Å². The number of nitrogens with one attached hydrogen (secondary N) is 2. The molecule has 1 aliphatic heterocycles. The fourth-order valence-electron chi connectivity index (χ4n) is 4.03. The highest BCUT2D eigenvalue weighted by molar-refractivity contribution is 5.99. The van der Waals surface area contributed by atoms with Gasteiger partial charge in [0.1, 0.15) is 0 Å². The first kappa shape index (κ1) is 15.0. The molecule has 1 aliphatic rings. The molecule has 0 saturated heterocycles. The van der Waals surface area contributed by atoms with Crippen molar-refractivity contribution in [1.82, 2.24) is 14.5 Å². The second-order valence-electron chi connectivity index (χ2n) is 6.71. The zero-order valence-electron chi connectivity index (χ0n) is 14.6. The number of aromatic nitrogens is 3. The molecule has 0 radical (unpaired) electrons. The lowest BCUT2D eigenvalue weighted by Gasteiger charge is -2.29. The summed E-state index contributed by atoms with van der Waals surface area (Å²) in [6, 6.07) is 16.0. The van der Waals surface area contributed by atoms with Crippen molar-refractivity contribution < 1.29 is 4.79 Å². The van der Waals surface area contributed by atoms with Gasteiger partial charge in [0.2, 0.25) is 5.95 Å². The molecule has 0 bridgehead atoms. The molecule has 2 N–H and O–H groups in total. The van der Waals surface area contributed by atoms with E-state index in [9.17, 15) is 4.79 Å². The van der Waals surface area contributed by atoms with Gasteiger partial charge in [-0.15, -0.1) is 0 Å². The van der Waals surface area contributed by atoms with E-state index in [0.717, 1.165) is 44.7 Å². The van der Waals surface area contributed by atoms with Crippen molar-refractivity contribution in [2.45, 2.75) is 19.9 Å². The van der Waals surface area contributed by atoms with Gasteiger partial charge in [-0.3, -0.25) is 9.36 Å². The summed E-state index contributed by atoms with van der Waals surface area (Å²) in [5, 5.41) is 4.44. The third-order valence-electron chi connectivity index (χ3n) is 5.13. The van der Waals surface area contributed by atoms with E-state index in [1.54, 1.807) is 6.92 Å². The summed E-state index contributed by atoms with van der Waals surface area (Å²) in [5.41, 5.74) is 5.69. The second kappa shape index (κ2) is 5.33. The van der Waals surface area contributed by atoms with E-state index in [1.165, 1.54) is 0 Å². The molecule has 0 fully saturated rings. The molecule has 2 aromatic carbocycles. The van der Waals surface area contributed by atoms with Crippen molar-refractivity contribution >= 4 is 33.7 Å². The van der Waals surface area contributed by atoms with Crippen LogP contribution >= 0.6 is 0 Å². The van der Waals surface area contributed by atoms with E-state index in [-0.39, 0.29) is 11.8 Å². The van der Waals surface area contributed by atoms with Crippen LogP contribution in [0.5, 0.6) is 0 Å². The van der Waals surface area contributed by atoms with E-state index >= 15 is 0 Å². The lowest BCUT2D eigenvalue weighted by atomic mass is 9.92. The Morgan fingerprint density at radius 3 is 2.73 bits per heavy atom. The van der Waals surface area contributed by atoms with E-state index in [2.05, 4.69) is 27.0 Å². The molecular weight excluding hydrogens is 324 g/mol. The number of anilines is 1. The normalized spacial score (nSPS) is 16.8. The van der Waals surface area contributed by atoms with Crippen LogP contribution in [0.3, 0.4) is 0 Å². The van der Waals surface area contributed by atoms with Crippen molar-refractivity contribution in [1.29, 1.82) is 0 Å². The minimum atomic E-state index is -0.215. The number of rotatable bonds is 2. The number of imidazole rings is 1. The molecule has 128 valence electrons. The fraction of sp³-hybridized carbons (Fsp3) is 0.143. The minimum absolute atomic E-state index is 0.0636. The topological polar surface area (TPSA) is 62.7 Å². The van der Waals surface area contributed by atoms with Gasteiger partial charge in [0.05, 0.1) is 17.1 Å². The highest BCUT2D eigenvalue weighted by Crippen LogP contribution is 2.41. The first-order valence-corrected chi connectivity index (χ1v) is 8.67. The Kier molecular flexibility index (Phi) is 3.06. The summed E-state index contributed by atoms with van der Waals surface area (Å²) in [5.74, 6) is 0.831. The van der Waals surface area contributed by atoms with Crippen LogP contribution in [-0.2, 0) is 4.79 Å². The Bertz CT molecular complexity index is 1210. The maximum atomic E-state index is 12.6. The third kappa shape index (κ3) is 1.97. The molecule has 0 amide bonds. The number of hydrogen-bond acceptors (Lipinski definition) is 3. The van der Waals surface area contributed by atoms with E-state index in [0.29, 0.717) is 0 Å². The standard InChI is InChI=1S/C21H18N4O/c1-12-19(13(2)26)20(15-11-22-16-8-4-3-7-14(15)16)25-18-10-6-5-9-17(18)24-21(25)23-12/h3-11,20,22H,1-2H3,(H,23,24)/t20-/m0/s1. The van der Waals surface area contributed by atoms with E-state index in [1.807, 2.05) is 49.5 Å². The lowest BCUT2D eigenvalue weighted by molar-refractivity contribution is -0.114. The van der Waals surface area contributed by atoms with Crippen LogP contribution in [0.4, 0.5) is 5.95 Å². The SMILES string of the molecule is CC(=O)C1=C(C)Nc2nc3ccccc3n2[C@H]1c1c[nH]c2ccccc12. The van der Waals surface area contributed by atoms with Gasteiger partial charge in [0.25, 0.3) is 0 Å². The number of carbonyl (C=O) groups excluding carboxylic acids is 1. The maximum absolute atomic E-state index is 12.6. The molecule has 3 heterocycles. The predicted molar refractivity (Wildman–Crippen MR) is 103 cm³/mol. The van der Waals surface area contributed by atoms with Crippen LogP contribution in [0.2, 0.25) is 0 Å². The van der Waals surface area contributed by atoms with E-state index in [4.69, 9.17) is 4.98 Å². The molecule has 0 unspecified atom stereocenters. The zero-order chi connectivity index (χ0) is 17.8. The Hall–Kier alpha value is -3.34. The van der Waals surface area contributed by atoms with Crippen LogP contribution in [0.15, 0.2) is 66.0 Å². The molecule has 0 saturated carbocycles. The Labute approximate surface area is 150 Å². The number of Topliss-reactive ketones (excluding diaryl/α,β-unsaturated/α-hetero) is 1. The van der Waals surface area contributed by atoms with Crippen molar-refractivity contribution in [3.63, 3.8) is 0 Å². The average Bonchev–Trinajstić information content (AvgIpc) is 3.21. The van der Waals surface area contributed by atoms with Gasteiger partial charge in [-0.2, -0.15) is 0 Å². The number of H-pyrrole nitrogens is 1. The Morgan fingerprint density at radius 2 is 1.88 bits per heavy atom. The third-order valence-corrected chi connectivity index (χ3v) is 5.13. The van der Waals surface area contributed by atoms with Gasteiger partial charge in [-0.05, 0) is 32.0 Å². The quantitative estimate of drug-likeness (QED) is 0.568. The molecule has 2 aromatic heterocycles. The summed E-state index contributed by atoms with van der Waals surface area (Å²) in [6.45, 7) is 3.58. The van der Waals surface area contributed by atoms with Crippen LogP contribution in [0, 0.1) is 0 Å². The molecule has 26 heavy (non-hydrogen) atoms. The number of benzene rings is 2. The smallest absolute Gasteiger partial charge is 0.209 e.